The molecule has 0 radical (unpaired) electrons. The van der Waals surface area contributed by atoms with Crippen LogP contribution >= 0.6 is 0 Å². The number of rotatable bonds is 4. The van der Waals surface area contributed by atoms with E-state index in [9.17, 15) is 9.59 Å². The summed E-state index contributed by atoms with van der Waals surface area (Å²) in [6, 6.07) is 13.7. The zero-order valence-electron chi connectivity index (χ0n) is 17.0. The fraction of sp³-hybridized carbons (Fsp3) is 0.333. The van der Waals surface area contributed by atoms with Crippen LogP contribution in [0.4, 0.5) is 0 Å². The summed E-state index contributed by atoms with van der Waals surface area (Å²) in [5, 5.41) is 2.97. The number of hydrogen-bond acceptors (Lipinski definition) is 4. The fourth-order valence-corrected chi connectivity index (χ4v) is 4.42. The number of carbonyl (C=O) groups is 2. The van der Waals surface area contributed by atoms with Gasteiger partial charge in [0.05, 0.1) is 14.2 Å². The zero-order chi connectivity index (χ0) is 20.5. The van der Waals surface area contributed by atoms with E-state index < -0.39 is 0 Å². The normalized spacial score (nSPS) is 21.5. The second-order valence-electron chi connectivity index (χ2n) is 7.74. The van der Waals surface area contributed by atoms with E-state index in [1.165, 1.54) is 0 Å². The van der Waals surface area contributed by atoms with Crippen LogP contribution in [0, 0.1) is 6.92 Å². The molecule has 2 aliphatic rings. The van der Waals surface area contributed by atoms with Crippen molar-refractivity contribution in [3.8, 4) is 11.5 Å². The first-order chi connectivity index (χ1) is 14.0. The molecule has 5 heteroatoms. The maximum absolute atomic E-state index is 13.2. The van der Waals surface area contributed by atoms with Gasteiger partial charge in [0.25, 0.3) is 0 Å². The number of amides is 1. The topological polar surface area (TPSA) is 64.6 Å². The van der Waals surface area contributed by atoms with E-state index in [0.29, 0.717) is 19.3 Å². The van der Waals surface area contributed by atoms with E-state index in [1.54, 1.807) is 14.2 Å². The first-order valence-electron chi connectivity index (χ1n) is 9.84. The molecule has 150 valence electrons. The van der Waals surface area contributed by atoms with Crippen molar-refractivity contribution in [1.82, 2.24) is 5.32 Å². The smallest absolute Gasteiger partial charge is 0.225 e. The number of ether oxygens (including phenoxy) is 2. The van der Waals surface area contributed by atoms with Crippen LogP contribution in [0.2, 0.25) is 0 Å². The molecule has 5 nitrogen and oxygen atoms in total. The molecule has 1 aliphatic carbocycles. The summed E-state index contributed by atoms with van der Waals surface area (Å²) in [4.78, 5) is 25.7. The van der Waals surface area contributed by atoms with Gasteiger partial charge in [0.2, 0.25) is 5.91 Å². The summed E-state index contributed by atoms with van der Waals surface area (Å²) in [6.07, 6.45) is 1.29. The number of methoxy groups -OCH3 is 2. The number of allylic oxidation sites excluding steroid dienone is 2. The summed E-state index contributed by atoms with van der Waals surface area (Å²) >= 11 is 0. The van der Waals surface area contributed by atoms with E-state index in [0.717, 1.165) is 39.5 Å². The van der Waals surface area contributed by atoms with E-state index in [1.807, 2.05) is 49.4 Å². The van der Waals surface area contributed by atoms with Gasteiger partial charge in [0, 0.05) is 41.5 Å². The molecule has 0 saturated heterocycles. The molecule has 0 fully saturated rings. The Kier molecular flexibility index (Phi) is 5.14. The largest absolute Gasteiger partial charge is 0.497 e. The number of nitrogens with one attached hydrogen (secondary N) is 1. The Morgan fingerprint density at radius 2 is 1.69 bits per heavy atom. The molecular formula is C24H25NO4. The molecule has 29 heavy (non-hydrogen) atoms. The van der Waals surface area contributed by atoms with Crippen molar-refractivity contribution in [2.24, 2.45) is 0 Å². The van der Waals surface area contributed by atoms with Gasteiger partial charge < -0.3 is 14.8 Å². The molecule has 4 rings (SSSR count). The maximum Gasteiger partial charge on any atom is 0.225 e. The number of ketones is 1. The highest BCUT2D eigenvalue weighted by Gasteiger charge is 2.38. The van der Waals surface area contributed by atoms with Crippen molar-refractivity contribution in [3.05, 3.63) is 70.4 Å². The maximum atomic E-state index is 13.2. The van der Waals surface area contributed by atoms with Gasteiger partial charge in [-0.2, -0.15) is 0 Å². The highest BCUT2D eigenvalue weighted by molar-refractivity contribution is 6.02. The highest BCUT2D eigenvalue weighted by Crippen LogP contribution is 2.45. The van der Waals surface area contributed by atoms with Crippen molar-refractivity contribution in [3.63, 3.8) is 0 Å². The number of carbonyl (C=O) groups excluding carboxylic acids is 2. The molecule has 2 aromatic rings. The van der Waals surface area contributed by atoms with Crippen molar-refractivity contribution in [2.45, 2.75) is 38.0 Å². The van der Waals surface area contributed by atoms with Gasteiger partial charge in [0.15, 0.2) is 5.78 Å². The fourth-order valence-electron chi connectivity index (χ4n) is 4.42. The quantitative estimate of drug-likeness (QED) is 0.855. The third-order valence-electron chi connectivity index (χ3n) is 5.89. The first-order valence-corrected chi connectivity index (χ1v) is 9.84. The van der Waals surface area contributed by atoms with Crippen molar-refractivity contribution in [2.75, 3.05) is 14.2 Å². The SMILES string of the molecule is COc1ccc(OC)c([C@@H]2CC(=O)C3=C(C2)NC(=O)C[C@@H]3c2ccc(C)cc2)c1. The molecule has 0 spiro atoms. The minimum absolute atomic E-state index is 0.0413. The van der Waals surface area contributed by atoms with Crippen molar-refractivity contribution < 1.29 is 19.1 Å². The summed E-state index contributed by atoms with van der Waals surface area (Å²) in [7, 11) is 3.24. The van der Waals surface area contributed by atoms with Gasteiger partial charge in [0.1, 0.15) is 11.5 Å². The van der Waals surface area contributed by atoms with Crippen molar-refractivity contribution in [1.29, 1.82) is 0 Å². The lowest BCUT2D eigenvalue weighted by atomic mass is 9.73. The predicted octanol–water partition coefficient (Wildman–Crippen LogP) is 4.02. The van der Waals surface area contributed by atoms with Crippen LogP contribution < -0.4 is 14.8 Å². The van der Waals surface area contributed by atoms with E-state index >= 15 is 0 Å². The summed E-state index contributed by atoms with van der Waals surface area (Å²) in [6.45, 7) is 2.03. The Hall–Kier alpha value is -3.08. The predicted molar refractivity (Wildman–Crippen MR) is 110 cm³/mol. The minimum atomic E-state index is -0.181. The van der Waals surface area contributed by atoms with Gasteiger partial charge in [-0.15, -0.1) is 0 Å². The van der Waals surface area contributed by atoms with Gasteiger partial charge in [-0.1, -0.05) is 29.8 Å². The number of Topliss-reactive ketones (excluding diaryl/α,β-unsaturated/α-hetero) is 1. The molecule has 0 unspecified atom stereocenters. The third-order valence-corrected chi connectivity index (χ3v) is 5.89. The lowest BCUT2D eigenvalue weighted by Gasteiger charge is -2.35. The lowest BCUT2D eigenvalue weighted by molar-refractivity contribution is -0.122. The minimum Gasteiger partial charge on any atom is -0.497 e. The van der Waals surface area contributed by atoms with Crippen LogP contribution in [0.3, 0.4) is 0 Å². The van der Waals surface area contributed by atoms with Crippen LogP contribution in [-0.2, 0) is 9.59 Å². The number of hydrogen-bond donors (Lipinski definition) is 1. The second kappa shape index (κ2) is 7.74. The van der Waals surface area contributed by atoms with Gasteiger partial charge >= 0.3 is 0 Å². The van der Waals surface area contributed by atoms with E-state index in [-0.39, 0.29) is 23.5 Å². The molecule has 2 atom stereocenters. The van der Waals surface area contributed by atoms with E-state index in [4.69, 9.17) is 9.47 Å². The highest BCUT2D eigenvalue weighted by atomic mass is 16.5. The molecule has 0 saturated carbocycles. The molecule has 1 heterocycles. The molecule has 2 aromatic carbocycles. The van der Waals surface area contributed by atoms with Crippen LogP contribution in [0.5, 0.6) is 11.5 Å². The van der Waals surface area contributed by atoms with Crippen LogP contribution in [0.1, 0.15) is 47.8 Å². The third kappa shape index (κ3) is 3.65. The molecule has 0 aromatic heterocycles. The zero-order valence-corrected chi connectivity index (χ0v) is 17.0. The Morgan fingerprint density at radius 3 is 2.38 bits per heavy atom. The number of aryl methyl sites for hydroxylation is 1. The molecule has 1 aliphatic heterocycles. The average Bonchev–Trinajstić information content (AvgIpc) is 2.72. The summed E-state index contributed by atoms with van der Waals surface area (Å²) in [5.74, 6) is 1.25. The van der Waals surface area contributed by atoms with Gasteiger partial charge in [-0.25, -0.2) is 0 Å². The van der Waals surface area contributed by atoms with Gasteiger partial charge in [-0.05, 0) is 37.1 Å². The van der Waals surface area contributed by atoms with Crippen LogP contribution in [0.15, 0.2) is 53.7 Å². The number of benzene rings is 2. The first kappa shape index (κ1) is 19.2. The summed E-state index contributed by atoms with van der Waals surface area (Å²) in [5.41, 5.74) is 4.61. The Morgan fingerprint density at radius 1 is 0.931 bits per heavy atom. The molecule has 0 bridgehead atoms. The summed E-state index contributed by atoms with van der Waals surface area (Å²) < 4.78 is 10.9. The van der Waals surface area contributed by atoms with E-state index in [2.05, 4.69) is 5.32 Å². The van der Waals surface area contributed by atoms with Crippen LogP contribution in [-0.4, -0.2) is 25.9 Å². The van der Waals surface area contributed by atoms with Gasteiger partial charge in [-0.3, -0.25) is 9.59 Å². The average molecular weight is 391 g/mol. The molecule has 1 amide bonds. The standard InChI is InChI=1S/C24H25NO4/c1-14-4-6-15(7-5-14)19-13-23(27)25-20-10-16(11-21(26)24(19)20)18-12-17(28-2)8-9-22(18)29-3/h4-9,12,16,19H,10-11,13H2,1-3H3,(H,25,27)/t16-,19+/m0/s1. The molecule has 1 N–H and O–H groups in total. The van der Waals surface area contributed by atoms with Crippen molar-refractivity contribution >= 4 is 11.7 Å². The Balaban J connectivity index is 1.72. The Bertz CT molecular complexity index is 990. The van der Waals surface area contributed by atoms with Crippen LogP contribution in [0.25, 0.3) is 0 Å². The lowest BCUT2D eigenvalue weighted by Crippen LogP contribution is -2.38. The monoisotopic (exact) mass is 391 g/mol. The molecular weight excluding hydrogens is 366 g/mol. The second-order valence-corrected chi connectivity index (χ2v) is 7.74. The Labute approximate surface area is 170 Å².